The highest BCUT2D eigenvalue weighted by molar-refractivity contribution is 7.85. The molecule has 1 N–H and O–H groups in total. The van der Waals surface area contributed by atoms with Gasteiger partial charge in [-0.25, -0.2) is 4.57 Å². The van der Waals surface area contributed by atoms with Crippen LogP contribution in [0.1, 0.15) is 90.2 Å². The Morgan fingerprint density at radius 1 is 0.846 bits per heavy atom. The summed E-state index contributed by atoms with van der Waals surface area (Å²) in [4.78, 5) is 0. The van der Waals surface area contributed by atoms with Crippen molar-refractivity contribution < 1.29 is 17.5 Å². The van der Waals surface area contributed by atoms with E-state index in [4.69, 9.17) is 4.55 Å². The molecular formula is C21H40NO3S+. The zero-order valence-corrected chi connectivity index (χ0v) is 17.9. The first-order valence-electron chi connectivity index (χ1n) is 10.3. The average molecular weight is 387 g/mol. The number of unbranched alkanes of at least 4 members (excludes halogenated alkanes) is 9. The fourth-order valence-corrected chi connectivity index (χ4v) is 2.91. The molecule has 1 aromatic heterocycles. The van der Waals surface area contributed by atoms with E-state index in [1.807, 2.05) is 0 Å². The van der Waals surface area contributed by atoms with E-state index in [9.17, 15) is 8.42 Å². The maximum Gasteiger partial charge on any atom is 0.261 e. The largest absolute Gasteiger partial charge is 0.286 e. The second-order valence-electron chi connectivity index (χ2n) is 7.05. The first kappa shape index (κ1) is 25.1. The predicted molar refractivity (Wildman–Crippen MR) is 110 cm³/mol. The standard InChI is InChI=1S/C20H36N.CH4O3S/c1-3-5-7-8-9-10-11-12-14-18-21-19-15-13-17-20(21)16-6-4-2;1-5(2,3)4/h13,15,17,19H,3-12,14,16,18H2,1-2H3;1H3,(H,2,3,4)/q+1;. The third-order valence-electron chi connectivity index (χ3n) is 4.32. The second kappa shape index (κ2) is 16.2. The van der Waals surface area contributed by atoms with Gasteiger partial charge in [0.1, 0.15) is 6.54 Å². The average Bonchev–Trinajstić information content (AvgIpc) is 2.58. The number of aromatic nitrogens is 1. The molecule has 1 aromatic rings. The normalized spacial score (nSPS) is 11.1. The molecule has 5 heteroatoms. The van der Waals surface area contributed by atoms with Gasteiger partial charge in [-0.2, -0.15) is 8.42 Å². The van der Waals surface area contributed by atoms with Crippen molar-refractivity contribution in [2.75, 3.05) is 6.26 Å². The van der Waals surface area contributed by atoms with Gasteiger partial charge < -0.3 is 0 Å². The van der Waals surface area contributed by atoms with E-state index in [2.05, 4.69) is 42.8 Å². The fourth-order valence-electron chi connectivity index (χ4n) is 2.91. The molecule has 0 spiro atoms. The maximum absolute atomic E-state index is 9.19. The molecule has 0 amide bonds. The van der Waals surface area contributed by atoms with E-state index in [1.165, 1.54) is 89.3 Å². The van der Waals surface area contributed by atoms with Gasteiger partial charge in [0.2, 0.25) is 0 Å². The van der Waals surface area contributed by atoms with Crippen molar-refractivity contribution >= 4 is 10.1 Å². The SMILES string of the molecule is CCCCCCCCCCC[n+]1ccccc1CCCC.CS(=O)(=O)O. The lowest BCUT2D eigenvalue weighted by molar-refractivity contribution is -0.704. The van der Waals surface area contributed by atoms with Crippen molar-refractivity contribution in [3.8, 4) is 0 Å². The minimum atomic E-state index is -3.67. The Bertz CT molecular complexity index is 536. The van der Waals surface area contributed by atoms with Crippen molar-refractivity contribution in [2.45, 2.75) is 97.4 Å². The van der Waals surface area contributed by atoms with Gasteiger partial charge in [0.25, 0.3) is 10.1 Å². The van der Waals surface area contributed by atoms with Crippen LogP contribution in [0.3, 0.4) is 0 Å². The van der Waals surface area contributed by atoms with Crippen LogP contribution in [-0.4, -0.2) is 19.2 Å². The van der Waals surface area contributed by atoms with Crippen LogP contribution in [0, 0.1) is 0 Å². The minimum absolute atomic E-state index is 0.715. The fraction of sp³-hybridized carbons (Fsp3) is 0.762. The van der Waals surface area contributed by atoms with Gasteiger partial charge in [-0.3, -0.25) is 4.55 Å². The van der Waals surface area contributed by atoms with Gasteiger partial charge in [-0.1, -0.05) is 71.3 Å². The Morgan fingerprint density at radius 3 is 1.88 bits per heavy atom. The molecule has 4 nitrogen and oxygen atoms in total. The molecule has 0 aliphatic heterocycles. The molecule has 1 heterocycles. The smallest absolute Gasteiger partial charge is 0.261 e. The number of nitrogens with zero attached hydrogens (tertiary/aromatic N) is 1. The summed E-state index contributed by atoms with van der Waals surface area (Å²) >= 11 is 0. The summed E-state index contributed by atoms with van der Waals surface area (Å²) < 4.78 is 28.3. The second-order valence-corrected chi connectivity index (χ2v) is 8.52. The molecule has 0 fully saturated rings. The van der Waals surface area contributed by atoms with E-state index in [-0.39, 0.29) is 0 Å². The third-order valence-corrected chi connectivity index (χ3v) is 4.32. The van der Waals surface area contributed by atoms with Gasteiger partial charge in [0.15, 0.2) is 11.9 Å². The molecule has 1 rings (SSSR count). The van der Waals surface area contributed by atoms with Gasteiger partial charge in [-0.15, -0.1) is 0 Å². The van der Waals surface area contributed by atoms with E-state index < -0.39 is 10.1 Å². The quantitative estimate of drug-likeness (QED) is 0.282. The highest BCUT2D eigenvalue weighted by Crippen LogP contribution is 2.09. The molecule has 152 valence electrons. The van der Waals surface area contributed by atoms with E-state index in [0.717, 1.165) is 0 Å². The minimum Gasteiger partial charge on any atom is -0.286 e. The Kier molecular flexibility index (Phi) is 15.7. The van der Waals surface area contributed by atoms with Gasteiger partial charge in [0.05, 0.1) is 6.26 Å². The van der Waals surface area contributed by atoms with Crippen molar-refractivity contribution in [2.24, 2.45) is 0 Å². The Hall–Kier alpha value is -0.940. The highest BCUT2D eigenvalue weighted by atomic mass is 32.2. The lowest BCUT2D eigenvalue weighted by Crippen LogP contribution is -2.37. The summed E-state index contributed by atoms with van der Waals surface area (Å²) in [7, 11) is -3.67. The summed E-state index contributed by atoms with van der Waals surface area (Å²) in [5, 5.41) is 0. The van der Waals surface area contributed by atoms with Gasteiger partial charge in [0, 0.05) is 25.0 Å². The number of aryl methyl sites for hydroxylation is 2. The summed E-state index contributed by atoms with van der Waals surface area (Å²) in [5.74, 6) is 0. The summed E-state index contributed by atoms with van der Waals surface area (Å²) in [6.45, 7) is 5.76. The van der Waals surface area contributed by atoms with Crippen molar-refractivity contribution in [1.29, 1.82) is 0 Å². The monoisotopic (exact) mass is 386 g/mol. The molecule has 0 saturated carbocycles. The van der Waals surface area contributed by atoms with Crippen LogP contribution in [0.2, 0.25) is 0 Å². The topological polar surface area (TPSA) is 58.2 Å². The van der Waals surface area contributed by atoms with Crippen LogP contribution in [0.5, 0.6) is 0 Å². The van der Waals surface area contributed by atoms with Gasteiger partial charge >= 0.3 is 0 Å². The Morgan fingerprint density at radius 2 is 1.35 bits per heavy atom. The third kappa shape index (κ3) is 17.9. The summed E-state index contributed by atoms with van der Waals surface area (Å²) in [5.41, 5.74) is 1.51. The Labute approximate surface area is 161 Å². The molecule has 0 aliphatic carbocycles. The Balaban J connectivity index is 0.00000110. The van der Waals surface area contributed by atoms with Crippen LogP contribution in [0.15, 0.2) is 24.4 Å². The van der Waals surface area contributed by atoms with Crippen LogP contribution >= 0.6 is 0 Å². The molecule has 0 radical (unpaired) electrons. The molecule has 0 atom stereocenters. The summed E-state index contributed by atoms with van der Waals surface area (Å²) in [6, 6.07) is 6.64. The number of hydrogen-bond donors (Lipinski definition) is 1. The zero-order chi connectivity index (χ0) is 19.7. The summed E-state index contributed by atoms with van der Waals surface area (Å²) in [6.07, 6.45) is 19.5. The molecule has 0 bridgehead atoms. The van der Waals surface area contributed by atoms with Crippen molar-refractivity contribution in [3.05, 3.63) is 30.1 Å². The molecule has 26 heavy (non-hydrogen) atoms. The van der Waals surface area contributed by atoms with Crippen LogP contribution in [0.4, 0.5) is 0 Å². The first-order chi connectivity index (χ1) is 12.4. The van der Waals surface area contributed by atoms with Crippen molar-refractivity contribution in [1.82, 2.24) is 0 Å². The van der Waals surface area contributed by atoms with Gasteiger partial charge in [-0.05, 0) is 12.8 Å². The molecule has 0 aliphatic rings. The lowest BCUT2D eigenvalue weighted by atomic mass is 10.1. The maximum atomic E-state index is 9.19. The molecule has 0 aromatic carbocycles. The zero-order valence-electron chi connectivity index (χ0n) is 17.1. The first-order valence-corrected chi connectivity index (χ1v) is 12.1. The highest BCUT2D eigenvalue weighted by Gasteiger charge is 2.08. The van der Waals surface area contributed by atoms with Crippen LogP contribution < -0.4 is 4.57 Å². The van der Waals surface area contributed by atoms with Crippen molar-refractivity contribution in [3.63, 3.8) is 0 Å². The molecule has 0 saturated heterocycles. The number of rotatable bonds is 13. The van der Waals surface area contributed by atoms with Crippen LogP contribution in [0.25, 0.3) is 0 Å². The predicted octanol–water partition coefficient (Wildman–Crippen LogP) is 5.35. The van der Waals surface area contributed by atoms with E-state index in [0.29, 0.717) is 6.26 Å². The van der Waals surface area contributed by atoms with E-state index in [1.54, 1.807) is 0 Å². The molecule has 0 unspecified atom stereocenters. The molecular weight excluding hydrogens is 346 g/mol. The number of pyridine rings is 1. The van der Waals surface area contributed by atoms with E-state index >= 15 is 0 Å². The number of hydrogen-bond acceptors (Lipinski definition) is 2. The van der Waals surface area contributed by atoms with Crippen LogP contribution in [-0.2, 0) is 23.1 Å². The lowest BCUT2D eigenvalue weighted by Gasteiger charge is -2.04.